The van der Waals surface area contributed by atoms with Crippen LogP contribution in [0.4, 0.5) is 0 Å². The fourth-order valence-corrected chi connectivity index (χ4v) is 9.18. The highest BCUT2D eigenvalue weighted by Gasteiger charge is 2.33. The summed E-state index contributed by atoms with van der Waals surface area (Å²) in [5.74, 6) is -1.43. The third-order valence-electron chi connectivity index (χ3n) is 9.40. The monoisotopic (exact) mass is 764 g/mol. The third kappa shape index (κ3) is 6.07. The summed E-state index contributed by atoms with van der Waals surface area (Å²) in [6.07, 6.45) is 5.07. The van der Waals surface area contributed by atoms with E-state index in [2.05, 4.69) is 9.58 Å². The summed E-state index contributed by atoms with van der Waals surface area (Å²) in [6, 6.07) is 29.1. The van der Waals surface area contributed by atoms with Crippen LogP contribution < -0.4 is 8.37 Å². The zero-order valence-electron chi connectivity index (χ0n) is 28.3. The molecule has 0 N–H and O–H groups in total. The summed E-state index contributed by atoms with van der Waals surface area (Å²) in [4.78, 5) is 31.1. The maximum Gasteiger partial charge on any atom is 0.362 e. The highest BCUT2D eigenvalue weighted by atomic mass is 32.2. The number of carbonyl (C=O) groups is 2. The maximum atomic E-state index is 14.1. The summed E-state index contributed by atoms with van der Waals surface area (Å²) >= 11 is 0. The van der Waals surface area contributed by atoms with E-state index in [-0.39, 0.29) is 61.4 Å². The van der Waals surface area contributed by atoms with Crippen LogP contribution in [0.1, 0.15) is 43.0 Å². The van der Waals surface area contributed by atoms with Gasteiger partial charge in [-0.3, -0.25) is 9.59 Å². The van der Waals surface area contributed by atoms with Gasteiger partial charge in [0.25, 0.3) is 11.6 Å². The molecule has 6 aromatic rings. The highest BCUT2D eigenvalue weighted by molar-refractivity contribution is 7.87. The fraction of sp³-hybridized carbons (Fsp3) is 0.0244. The molecule has 0 atom stereocenters. The summed E-state index contributed by atoms with van der Waals surface area (Å²) in [5.41, 5.74) is 18.9. The van der Waals surface area contributed by atoms with Crippen LogP contribution in [0.5, 0.6) is 11.5 Å². The minimum atomic E-state index is -4.61. The van der Waals surface area contributed by atoms with Crippen LogP contribution in [0.15, 0.2) is 131 Å². The molecule has 0 saturated carbocycles. The number of carbonyl (C=O) groups excluding carboxylic acids is 2. The van der Waals surface area contributed by atoms with E-state index in [1.165, 1.54) is 72.8 Å². The second kappa shape index (κ2) is 13.4. The van der Waals surface area contributed by atoms with E-state index in [9.17, 15) is 37.5 Å². The molecule has 2 aliphatic carbocycles. The first-order valence-corrected chi connectivity index (χ1v) is 19.4. The number of hydrogen-bond donors (Lipinski definition) is 0. The predicted octanol–water partition coefficient (Wildman–Crippen LogP) is 6.88. The quantitative estimate of drug-likeness (QED) is 0.0909. The van der Waals surface area contributed by atoms with Crippen LogP contribution in [0.2, 0.25) is 0 Å². The number of benzene rings is 6. The van der Waals surface area contributed by atoms with Crippen molar-refractivity contribution in [1.29, 1.82) is 0 Å². The number of hydrogen-bond acceptors (Lipinski definition) is 8. The van der Waals surface area contributed by atoms with Crippen molar-refractivity contribution in [2.75, 3.05) is 0 Å². The second-order valence-corrected chi connectivity index (χ2v) is 15.5. The molecular formula is C41H24N4O8S2. The van der Waals surface area contributed by atoms with Crippen LogP contribution in [-0.2, 0) is 26.7 Å². The lowest BCUT2D eigenvalue weighted by molar-refractivity contribution is -0.00459. The van der Waals surface area contributed by atoms with Gasteiger partial charge in [-0.15, -0.1) is 0 Å². The number of allylic oxidation sites excluding steroid dienone is 2. The van der Waals surface area contributed by atoms with E-state index >= 15 is 0 Å². The second-order valence-electron chi connectivity index (χ2n) is 12.5. The Hall–Kier alpha value is -7.08. The van der Waals surface area contributed by atoms with E-state index in [1.807, 2.05) is 24.3 Å². The Kier molecular flexibility index (Phi) is 8.52. The first kappa shape index (κ1) is 35.0. The molecule has 0 saturated heterocycles. The summed E-state index contributed by atoms with van der Waals surface area (Å²) in [6.45, 7) is 0. The largest absolute Gasteiger partial charge is 0.379 e. The van der Waals surface area contributed by atoms with E-state index < -0.39 is 31.8 Å². The molecule has 14 heteroatoms. The average molecular weight is 765 g/mol. The summed E-state index contributed by atoms with van der Waals surface area (Å²) in [5, 5.41) is 2.73. The smallest absolute Gasteiger partial charge is 0.362 e. The lowest BCUT2D eigenvalue weighted by atomic mass is 9.93. The molecule has 55 heavy (non-hydrogen) atoms. The minimum Gasteiger partial charge on any atom is -0.379 e. The van der Waals surface area contributed by atoms with Crippen LogP contribution in [-0.4, -0.2) is 49.4 Å². The van der Waals surface area contributed by atoms with Gasteiger partial charge in [0, 0.05) is 52.0 Å². The third-order valence-corrected chi connectivity index (χ3v) is 12.0. The molecule has 8 rings (SSSR count). The van der Waals surface area contributed by atoms with Crippen molar-refractivity contribution in [3.63, 3.8) is 0 Å². The van der Waals surface area contributed by atoms with E-state index in [4.69, 9.17) is 8.37 Å². The van der Waals surface area contributed by atoms with Gasteiger partial charge < -0.3 is 19.4 Å². The van der Waals surface area contributed by atoms with Gasteiger partial charge in [0.1, 0.15) is 21.3 Å². The molecule has 0 fully saturated rings. The Morgan fingerprint density at radius 1 is 0.491 bits per heavy atom. The summed E-state index contributed by atoms with van der Waals surface area (Å²) in [7, 11) is -9.23. The van der Waals surface area contributed by atoms with Gasteiger partial charge in [0.05, 0.1) is 0 Å². The molecule has 2 aliphatic rings. The van der Waals surface area contributed by atoms with Crippen molar-refractivity contribution in [3.05, 3.63) is 166 Å². The number of fused-ring (bicyclic) bond motifs is 4. The topological polar surface area (TPSA) is 194 Å². The summed E-state index contributed by atoms with van der Waals surface area (Å²) < 4.78 is 68.1. The first-order chi connectivity index (χ1) is 26.5. The van der Waals surface area contributed by atoms with Gasteiger partial charge in [-0.25, -0.2) is 0 Å². The van der Waals surface area contributed by atoms with Crippen LogP contribution >= 0.6 is 0 Å². The Morgan fingerprint density at radius 3 is 1.33 bits per heavy atom. The molecule has 0 heterocycles. The molecule has 0 amide bonds. The normalized spacial score (nSPS) is 13.7. The average Bonchev–Trinajstić information content (AvgIpc) is 3.19. The molecule has 0 radical (unpaired) electrons. The molecule has 12 nitrogen and oxygen atoms in total. The standard InChI is InChI=1S/C41H24N4O8S2/c42-44-34-19-17-28-30(40(34)46)11-5-13-38(28)54(48,49)52-36-21-15-24-7-1-3-9-26(24)32(36)23-33-27-10-4-2-8-25(27)16-22-37(33)53-55(50,51)39-14-6-12-31-29(39)18-20-35(45-43)41(31)47/h1-22H,23H2. The van der Waals surface area contributed by atoms with Gasteiger partial charge in [-0.05, 0) is 58.0 Å². The van der Waals surface area contributed by atoms with E-state index in [1.54, 1.807) is 36.4 Å². The molecule has 0 aliphatic heterocycles. The molecule has 0 bridgehead atoms. The van der Waals surface area contributed by atoms with Gasteiger partial charge in [-0.1, -0.05) is 84.9 Å². The zero-order chi connectivity index (χ0) is 38.5. The predicted molar refractivity (Wildman–Crippen MR) is 203 cm³/mol. The number of Topliss-reactive ketones (excluding diaryl/α,β-unsaturated/α-hetero) is 2. The van der Waals surface area contributed by atoms with Gasteiger partial charge in [-0.2, -0.15) is 26.4 Å². The highest BCUT2D eigenvalue weighted by Crippen LogP contribution is 2.39. The van der Waals surface area contributed by atoms with Gasteiger partial charge in [0.2, 0.25) is 0 Å². The molecule has 6 aromatic carbocycles. The van der Waals surface area contributed by atoms with Gasteiger partial charge >= 0.3 is 31.7 Å². The van der Waals surface area contributed by atoms with Crippen LogP contribution in [0, 0.1) is 0 Å². The van der Waals surface area contributed by atoms with Crippen molar-refractivity contribution < 1.29 is 44.4 Å². The molecule has 268 valence electrons. The Morgan fingerprint density at radius 2 is 0.909 bits per heavy atom. The lowest BCUT2D eigenvalue weighted by Crippen LogP contribution is -2.21. The van der Waals surface area contributed by atoms with Crippen molar-refractivity contribution in [1.82, 2.24) is 0 Å². The number of ketones is 2. The van der Waals surface area contributed by atoms with Gasteiger partial charge in [0.15, 0.2) is 0 Å². The number of rotatable bonds is 8. The van der Waals surface area contributed by atoms with Crippen LogP contribution in [0.25, 0.3) is 44.8 Å². The lowest BCUT2D eigenvalue weighted by Gasteiger charge is -2.19. The maximum absolute atomic E-state index is 14.1. The van der Waals surface area contributed by atoms with E-state index in [0.717, 1.165) is 10.8 Å². The molecule has 0 unspecified atom stereocenters. The zero-order valence-corrected chi connectivity index (χ0v) is 29.9. The Bertz CT molecular complexity index is 2890. The number of nitrogens with zero attached hydrogens (tertiary/aromatic N) is 4. The van der Waals surface area contributed by atoms with Crippen LogP contribution in [0.3, 0.4) is 0 Å². The van der Waals surface area contributed by atoms with Crippen molar-refractivity contribution in [3.8, 4) is 11.5 Å². The SMILES string of the molecule is [N-]=[N+]=C1C=Cc2c(cccc2S(=O)(=O)Oc2ccc3ccccc3c2Cc2c(OS(=O)(=O)c3cccc4c3C=CC(=[N+]=[N-])C4=O)ccc3ccccc23)C1=O. The van der Waals surface area contributed by atoms with E-state index in [0.29, 0.717) is 21.9 Å². The first-order valence-electron chi connectivity index (χ1n) is 16.6. The Balaban J connectivity index is 1.26. The molecular weight excluding hydrogens is 741 g/mol. The molecule has 0 spiro atoms. The minimum absolute atomic E-state index is 0.0129. The Labute approximate surface area is 313 Å². The van der Waals surface area contributed by atoms with Crippen molar-refractivity contribution >= 4 is 76.9 Å². The van der Waals surface area contributed by atoms with Crippen molar-refractivity contribution in [2.24, 2.45) is 0 Å². The molecule has 0 aromatic heterocycles. The van der Waals surface area contributed by atoms with Crippen molar-refractivity contribution in [2.45, 2.75) is 16.2 Å². The fourth-order valence-electron chi connectivity index (χ4n) is 6.83.